The lowest BCUT2D eigenvalue weighted by Gasteiger charge is -2.36. The fourth-order valence-corrected chi connectivity index (χ4v) is 3.02. The molecule has 0 radical (unpaired) electrons. The number of nitrogens with zero attached hydrogens (tertiary/aromatic N) is 3. The first-order chi connectivity index (χ1) is 12.3. The maximum Gasteiger partial charge on any atom is 0.191 e. The lowest BCUT2D eigenvalue weighted by molar-refractivity contribution is 0.256. The van der Waals surface area contributed by atoms with Crippen molar-refractivity contribution >= 4 is 11.6 Å². The summed E-state index contributed by atoms with van der Waals surface area (Å²) in [5.41, 5.74) is 1.28. The molecule has 1 aromatic rings. The minimum atomic E-state index is 0.869. The second-order valence-electron chi connectivity index (χ2n) is 6.17. The summed E-state index contributed by atoms with van der Waals surface area (Å²) in [6, 6.07) is 8.36. The summed E-state index contributed by atoms with van der Waals surface area (Å²) in [6.07, 6.45) is 1.10. The molecule has 0 saturated carbocycles. The molecule has 2 rings (SSSR count). The number of piperazine rings is 1. The second-order valence-corrected chi connectivity index (χ2v) is 6.17. The van der Waals surface area contributed by atoms with Crippen molar-refractivity contribution in [1.29, 1.82) is 0 Å². The van der Waals surface area contributed by atoms with E-state index in [2.05, 4.69) is 51.4 Å². The van der Waals surface area contributed by atoms with E-state index in [0.717, 1.165) is 70.5 Å². The average molecular weight is 348 g/mol. The molecule has 1 aliphatic heterocycles. The van der Waals surface area contributed by atoms with Crippen LogP contribution in [0.1, 0.15) is 20.3 Å². The summed E-state index contributed by atoms with van der Waals surface area (Å²) in [5.74, 6) is 1.84. The van der Waals surface area contributed by atoms with Gasteiger partial charge in [-0.2, -0.15) is 0 Å². The predicted molar refractivity (Wildman–Crippen MR) is 106 cm³/mol. The number of rotatable bonds is 8. The lowest BCUT2D eigenvalue weighted by Crippen LogP contribution is -2.46. The quantitative estimate of drug-likeness (QED) is 0.427. The van der Waals surface area contributed by atoms with Gasteiger partial charge in [0.15, 0.2) is 5.96 Å². The largest absolute Gasteiger partial charge is 0.497 e. The Balaban J connectivity index is 1.68. The van der Waals surface area contributed by atoms with E-state index in [1.165, 1.54) is 5.69 Å². The van der Waals surface area contributed by atoms with Gasteiger partial charge < -0.3 is 20.3 Å². The normalized spacial score (nSPS) is 14.9. The second kappa shape index (κ2) is 10.8. The van der Waals surface area contributed by atoms with Gasteiger partial charge in [0, 0.05) is 58.0 Å². The van der Waals surface area contributed by atoms with Crippen LogP contribution >= 0.6 is 0 Å². The van der Waals surface area contributed by atoms with E-state index in [4.69, 9.17) is 4.74 Å². The Kier molecular flexibility index (Phi) is 8.39. The topological polar surface area (TPSA) is 52.1 Å². The van der Waals surface area contributed by atoms with Crippen LogP contribution in [0.4, 0.5) is 5.69 Å². The molecule has 1 aromatic carbocycles. The SMILES string of the molecule is CCNC(=NCCCN1CCN(c2ccc(OC)cc2)CC1)NCC. The zero-order valence-electron chi connectivity index (χ0n) is 15.9. The lowest BCUT2D eigenvalue weighted by atomic mass is 10.2. The predicted octanol–water partition coefficient (Wildman–Crippen LogP) is 1.78. The summed E-state index contributed by atoms with van der Waals surface area (Å²) >= 11 is 0. The number of guanidine groups is 1. The van der Waals surface area contributed by atoms with Crippen molar-refractivity contribution in [3.8, 4) is 5.75 Å². The molecule has 0 atom stereocenters. The third-order valence-corrected chi connectivity index (χ3v) is 4.40. The highest BCUT2D eigenvalue weighted by Gasteiger charge is 2.16. The highest BCUT2D eigenvalue weighted by atomic mass is 16.5. The number of anilines is 1. The highest BCUT2D eigenvalue weighted by Crippen LogP contribution is 2.20. The van der Waals surface area contributed by atoms with Gasteiger partial charge in [-0.3, -0.25) is 9.89 Å². The maximum atomic E-state index is 5.23. The van der Waals surface area contributed by atoms with Gasteiger partial charge in [0.2, 0.25) is 0 Å². The van der Waals surface area contributed by atoms with E-state index in [9.17, 15) is 0 Å². The van der Waals surface area contributed by atoms with Gasteiger partial charge in [-0.15, -0.1) is 0 Å². The van der Waals surface area contributed by atoms with E-state index in [1.54, 1.807) is 7.11 Å². The van der Waals surface area contributed by atoms with Crippen LogP contribution in [-0.2, 0) is 0 Å². The van der Waals surface area contributed by atoms with Crippen LogP contribution in [0.3, 0.4) is 0 Å². The molecule has 0 aliphatic carbocycles. The van der Waals surface area contributed by atoms with Crippen LogP contribution in [0.5, 0.6) is 5.75 Å². The fraction of sp³-hybridized carbons (Fsp3) is 0.632. The van der Waals surface area contributed by atoms with Crippen molar-refractivity contribution in [2.75, 3.05) is 64.4 Å². The summed E-state index contributed by atoms with van der Waals surface area (Å²) < 4.78 is 5.23. The van der Waals surface area contributed by atoms with Crippen LogP contribution in [0.15, 0.2) is 29.3 Å². The van der Waals surface area contributed by atoms with Crippen molar-refractivity contribution in [3.05, 3.63) is 24.3 Å². The zero-order valence-corrected chi connectivity index (χ0v) is 15.9. The molecule has 0 amide bonds. The van der Waals surface area contributed by atoms with Crippen LogP contribution in [0, 0.1) is 0 Å². The van der Waals surface area contributed by atoms with Gasteiger partial charge >= 0.3 is 0 Å². The monoisotopic (exact) mass is 347 g/mol. The Labute approximate surface area is 152 Å². The number of benzene rings is 1. The van der Waals surface area contributed by atoms with Gasteiger partial charge in [0.05, 0.1) is 7.11 Å². The van der Waals surface area contributed by atoms with Crippen LogP contribution in [-0.4, -0.2) is 70.3 Å². The number of aliphatic imine (C=N–C) groups is 1. The molecule has 1 saturated heterocycles. The molecule has 6 nitrogen and oxygen atoms in total. The molecule has 1 heterocycles. The smallest absolute Gasteiger partial charge is 0.191 e. The van der Waals surface area contributed by atoms with Gasteiger partial charge in [-0.1, -0.05) is 0 Å². The Hall–Kier alpha value is -1.95. The molecular formula is C19H33N5O. The summed E-state index contributed by atoms with van der Waals surface area (Å²) in [4.78, 5) is 9.60. The molecule has 6 heteroatoms. The molecule has 1 aliphatic rings. The molecule has 25 heavy (non-hydrogen) atoms. The van der Waals surface area contributed by atoms with Crippen molar-refractivity contribution < 1.29 is 4.74 Å². The Morgan fingerprint density at radius 3 is 2.24 bits per heavy atom. The van der Waals surface area contributed by atoms with Gasteiger partial charge in [-0.25, -0.2) is 0 Å². The first kappa shape index (κ1) is 19.4. The molecule has 0 spiro atoms. The van der Waals surface area contributed by atoms with E-state index in [-0.39, 0.29) is 0 Å². The molecule has 0 aromatic heterocycles. The summed E-state index contributed by atoms with van der Waals surface area (Å²) in [7, 11) is 1.71. The number of nitrogens with one attached hydrogen (secondary N) is 2. The van der Waals surface area contributed by atoms with Gasteiger partial charge in [0.25, 0.3) is 0 Å². The highest BCUT2D eigenvalue weighted by molar-refractivity contribution is 5.79. The summed E-state index contributed by atoms with van der Waals surface area (Å²) in [5, 5.41) is 6.53. The van der Waals surface area contributed by atoms with Gasteiger partial charge in [0.1, 0.15) is 5.75 Å². The zero-order chi connectivity index (χ0) is 17.9. The van der Waals surface area contributed by atoms with Crippen molar-refractivity contribution in [1.82, 2.24) is 15.5 Å². The fourth-order valence-electron chi connectivity index (χ4n) is 3.02. The Morgan fingerprint density at radius 2 is 1.68 bits per heavy atom. The third kappa shape index (κ3) is 6.46. The number of methoxy groups -OCH3 is 1. The van der Waals surface area contributed by atoms with Crippen molar-refractivity contribution in [2.24, 2.45) is 4.99 Å². The van der Waals surface area contributed by atoms with Crippen LogP contribution < -0.4 is 20.3 Å². The third-order valence-electron chi connectivity index (χ3n) is 4.40. The summed E-state index contributed by atoms with van der Waals surface area (Å²) in [6.45, 7) is 12.4. The number of hydrogen-bond acceptors (Lipinski definition) is 4. The maximum absolute atomic E-state index is 5.23. The van der Waals surface area contributed by atoms with Crippen molar-refractivity contribution in [3.63, 3.8) is 0 Å². The van der Waals surface area contributed by atoms with Gasteiger partial charge in [-0.05, 0) is 44.5 Å². The Bertz CT molecular complexity index is 501. The molecule has 0 bridgehead atoms. The standard InChI is InChI=1S/C19H33N5O/c1-4-20-19(21-5-2)22-11-6-12-23-13-15-24(16-14-23)17-7-9-18(25-3)10-8-17/h7-10H,4-6,11-16H2,1-3H3,(H2,20,21,22). The van der Waals surface area contributed by atoms with E-state index >= 15 is 0 Å². The first-order valence-corrected chi connectivity index (χ1v) is 9.40. The first-order valence-electron chi connectivity index (χ1n) is 9.40. The van der Waals surface area contributed by atoms with Crippen LogP contribution in [0.25, 0.3) is 0 Å². The average Bonchev–Trinajstić information content (AvgIpc) is 2.66. The molecule has 2 N–H and O–H groups in total. The molecule has 1 fully saturated rings. The van der Waals surface area contributed by atoms with E-state index in [1.807, 2.05) is 12.1 Å². The number of hydrogen-bond donors (Lipinski definition) is 2. The van der Waals surface area contributed by atoms with Crippen LogP contribution in [0.2, 0.25) is 0 Å². The molecule has 140 valence electrons. The van der Waals surface area contributed by atoms with E-state index < -0.39 is 0 Å². The minimum Gasteiger partial charge on any atom is -0.497 e. The minimum absolute atomic E-state index is 0.869. The Morgan fingerprint density at radius 1 is 1.04 bits per heavy atom. The number of ether oxygens (including phenoxy) is 1. The molecule has 0 unspecified atom stereocenters. The van der Waals surface area contributed by atoms with E-state index in [0.29, 0.717) is 0 Å². The van der Waals surface area contributed by atoms with Crippen molar-refractivity contribution in [2.45, 2.75) is 20.3 Å². The molecular weight excluding hydrogens is 314 g/mol.